The van der Waals surface area contributed by atoms with Gasteiger partial charge in [0, 0.05) is 12.1 Å². The van der Waals surface area contributed by atoms with Crippen LogP contribution in [0.3, 0.4) is 0 Å². The average molecular weight is 232 g/mol. The molecule has 17 heavy (non-hydrogen) atoms. The minimum atomic E-state index is 0.424. The fraction of sp³-hybridized carbons (Fsp3) is 0.600. The van der Waals surface area contributed by atoms with E-state index in [1.54, 1.807) is 0 Å². The molecule has 0 radical (unpaired) electrons. The van der Waals surface area contributed by atoms with Gasteiger partial charge in [0.15, 0.2) is 0 Å². The Hall–Kier alpha value is -0.860. The molecule has 1 aliphatic carbocycles. The normalized spacial score (nSPS) is 26.7. The van der Waals surface area contributed by atoms with Crippen molar-refractivity contribution in [3.8, 4) is 0 Å². The minimum Gasteiger partial charge on any atom is -0.330 e. The smallest absolute Gasteiger partial charge is 0.0294 e. The van der Waals surface area contributed by atoms with E-state index >= 15 is 0 Å². The lowest BCUT2D eigenvalue weighted by atomic mass is 9.84. The molecule has 94 valence electrons. The van der Waals surface area contributed by atoms with Gasteiger partial charge in [0.2, 0.25) is 0 Å². The maximum absolute atomic E-state index is 5.87. The largest absolute Gasteiger partial charge is 0.330 e. The topological polar surface area (TPSA) is 38.0 Å². The van der Waals surface area contributed by atoms with Crippen LogP contribution in [0.2, 0.25) is 0 Å². The molecule has 1 aromatic rings. The van der Waals surface area contributed by atoms with Crippen molar-refractivity contribution in [3.05, 3.63) is 35.9 Å². The SMILES string of the molecule is C[C@H](NC1CCCCC1CN)c1ccccc1. The molecule has 3 atom stereocenters. The van der Waals surface area contributed by atoms with Crippen LogP contribution in [0.5, 0.6) is 0 Å². The molecule has 0 saturated heterocycles. The quantitative estimate of drug-likeness (QED) is 0.837. The Morgan fingerprint density at radius 1 is 1.24 bits per heavy atom. The first-order chi connectivity index (χ1) is 8.31. The van der Waals surface area contributed by atoms with Crippen molar-refractivity contribution in [2.24, 2.45) is 11.7 Å². The Balaban J connectivity index is 1.95. The fourth-order valence-corrected chi connectivity index (χ4v) is 2.87. The number of hydrogen-bond acceptors (Lipinski definition) is 2. The molecule has 2 nitrogen and oxygen atoms in total. The number of rotatable bonds is 4. The van der Waals surface area contributed by atoms with Gasteiger partial charge in [-0.2, -0.15) is 0 Å². The molecular weight excluding hydrogens is 208 g/mol. The summed E-state index contributed by atoms with van der Waals surface area (Å²) in [6, 6.07) is 11.7. The zero-order valence-electron chi connectivity index (χ0n) is 10.7. The zero-order valence-corrected chi connectivity index (χ0v) is 10.7. The molecule has 3 N–H and O–H groups in total. The highest BCUT2D eigenvalue weighted by Crippen LogP contribution is 2.26. The van der Waals surface area contributed by atoms with Gasteiger partial charge in [-0.25, -0.2) is 0 Å². The second-order valence-electron chi connectivity index (χ2n) is 5.19. The van der Waals surface area contributed by atoms with Crippen LogP contribution in [0.4, 0.5) is 0 Å². The second kappa shape index (κ2) is 6.18. The number of nitrogens with two attached hydrogens (primary N) is 1. The first-order valence-corrected chi connectivity index (χ1v) is 6.82. The van der Waals surface area contributed by atoms with E-state index in [9.17, 15) is 0 Å². The summed E-state index contributed by atoms with van der Waals surface area (Å²) in [5.74, 6) is 0.662. The van der Waals surface area contributed by atoms with Crippen LogP contribution >= 0.6 is 0 Å². The van der Waals surface area contributed by atoms with E-state index in [0.29, 0.717) is 18.0 Å². The molecule has 2 heteroatoms. The Labute approximate surface area is 105 Å². The van der Waals surface area contributed by atoms with Crippen LogP contribution in [0.25, 0.3) is 0 Å². The maximum atomic E-state index is 5.87. The highest BCUT2D eigenvalue weighted by atomic mass is 15.0. The Morgan fingerprint density at radius 3 is 2.65 bits per heavy atom. The molecule has 0 aliphatic heterocycles. The number of hydrogen-bond donors (Lipinski definition) is 2. The first kappa shape index (κ1) is 12.6. The molecule has 0 spiro atoms. The summed E-state index contributed by atoms with van der Waals surface area (Å²) < 4.78 is 0. The van der Waals surface area contributed by atoms with Crippen LogP contribution in [0.15, 0.2) is 30.3 Å². The molecule has 1 saturated carbocycles. The summed E-state index contributed by atoms with van der Waals surface area (Å²) >= 11 is 0. The molecule has 1 fully saturated rings. The lowest BCUT2D eigenvalue weighted by Crippen LogP contribution is -2.42. The van der Waals surface area contributed by atoms with Crippen molar-refractivity contribution >= 4 is 0 Å². The molecule has 2 rings (SSSR count). The van der Waals surface area contributed by atoms with Crippen molar-refractivity contribution in [1.82, 2.24) is 5.32 Å². The molecule has 2 unspecified atom stereocenters. The van der Waals surface area contributed by atoms with Gasteiger partial charge in [-0.05, 0) is 37.8 Å². The van der Waals surface area contributed by atoms with Crippen molar-refractivity contribution in [3.63, 3.8) is 0 Å². The van der Waals surface area contributed by atoms with Crippen molar-refractivity contribution in [1.29, 1.82) is 0 Å². The van der Waals surface area contributed by atoms with Crippen LogP contribution in [-0.2, 0) is 0 Å². The summed E-state index contributed by atoms with van der Waals surface area (Å²) in [4.78, 5) is 0. The van der Waals surface area contributed by atoms with Gasteiger partial charge in [-0.15, -0.1) is 0 Å². The third-order valence-electron chi connectivity index (χ3n) is 3.98. The summed E-state index contributed by atoms with van der Waals surface area (Å²) in [7, 11) is 0. The molecule has 0 aromatic heterocycles. The molecule has 1 aliphatic rings. The van der Waals surface area contributed by atoms with E-state index in [-0.39, 0.29) is 0 Å². The molecule has 0 amide bonds. The van der Waals surface area contributed by atoms with Crippen molar-refractivity contribution in [2.45, 2.75) is 44.7 Å². The molecule has 1 aromatic carbocycles. The predicted octanol–water partition coefficient (Wildman–Crippen LogP) is 2.85. The Morgan fingerprint density at radius 2 is 1.94 bits per heavy atom. The lowest BCUT2D eigenvalue weighted by Gasteiger charge is -2.33. The Kier molecular flexibility index (Phi) is 4.57. The minimum absolute atomic E-state index is 0.424. The third kappa shape index (κ3) is 3.30. The molecular formula is C15H24N2. The predicted molar refractivity (Wildman–Crippen MR) is 72.8 cm³/mol. The standard InChI is InChI=1S/C15H24N2/c1-12(13-7-3-2-4-8-13)17-15-10-6-5-9-14(15)11-16/h2-4,7-8,12,14-15,17H,5-6,9-11,16H2,1H3/t12-,14?,15?/m0/s1. The summed E-state index contributed by atoms with van der Waals surface area (Å²) in [5.41, 5.74) is 7.24. The molecule has 0 bridgehead atoms. The van der Waals surface area contributed by atoms with E-state index in [2.05, 4.69) is 42.6 Å². The van der Waals surface area contributed by atoms with E-state index < -0.39 is 0 Å². The van der Waals surface area contributed by atoms with Crippen LogP contribution in [0.1, 0.15) is 44.2 Å². The van der Waals surface area contributed by atoms with Crippen molar-refractivity contribution in [2.75, 3.05) is 6.54 Å². The van der Waals surface area contributed by atoms with Crippen molar-refractivity contribution < 1.29 is 0 Å². The van der Waals surface area contributed by atoms with Crippen LogP contribution in [0, 0.1) is 5.92 Å². The molecule has 0 heterocycles. The van der Waals surface area contributed by atoms with Gasteiger partial charge < -0.3 is 11.1 Å². The van der Waals surface area contributed by atoms with E-state index in [1.807, 2.05) is 0 Å². The maximum Gasteiger partial charge on any atom is 0.0294 e. The highest BCUT2D eigenvalue weighted by molar-refractivity contribution is 5.18. The lowest BCUT2D eigenvalue weighted by molar-refractivity contribution is 0.252. The Bertz CT molecular complexity index is 323. The first-order valence-electron chi connectivity index (χ1n) is 6.82. The van der Waals surface area contributed by atoms with Gasteiger partial charge >= 0.3 is 0 Å². The number of nitrogens with one attached hydrogen (secondary N) is 1. The van der Waals surface area contributed by atoms with Crippen LogP contribution < -0.4 is 11.1 Å². The van der Waals surface area contributed by atoms with E-state index in [4.69, 9.17) is 5.73 Å². The van der Waals surface area contributed by atoms with Gasteiger partial charge in [-0.3, -0.25) is 0 Å². The van der Waals surface area contributed by atoms with Gasteiger partial charge in [0.05, 0.1) is 0 Å². The summed E-state index contributed by atoms with van der Waals surface area (Å²) in [6.45, 7) is 3.07. The summed E-state index contributed by atoms with van der Waals surface area (Å²) in [6.07, 6.45) is 5.25. The van der Waals surface area contributed by atoms with Gasteiger partial charge in [-0.1, -0.05) is 43.2 Å². The van der Waals surface area contributed by atoms with E-state index in [1.165, 1.54) is 31.2 Å². The van der Waals surface area contributed by atoms with Gasteiger partial charge in [0.25, 0.3) is 0 Å². The highest BCUT2D eigenvalue weighted by Gasteiger charge is 2.24. The fourth-order valence-electron chi connectivity index (χ4n) is 2.87. The van der Waals surface area contributed by atoms with Crippen LogP contribution in [-0.4, -0.2) is 12.6 Å². The van der Waals surface area contributed by atoms with Gasteiger partial charge in [0.1, 0.15) is 0 Å². The number of benzene rings is 1. The average Bonchev–Trinajstić information content (AvgIpc) is 2.40. The van der Waals surface area contributed by atoms with E-state index in [0.717, 1.165) is 6.54 Å². The monoisotopic (exact) mass is 232 g/mol. The zero-order chi connectivity index (χ0) is 12.1. The second-order valence-corrected chi connectivity index (χ2v) is 5.19. The summed E-state index contributed by atoms with van der Waals surface area (Å²) in [5, 5.41) is 3.76. The third-order valence-corrected chi connectivity index (χ3v) is 3.98.